The Hall–Kier alpha value is -1.85. The van der Waals surface area contributed by atoms with Crippen molar-refractivity contribution in [3.8, 4) is 5.75 Å². The van der Waals surface area contributed by atoms with Crippen LogP contribution >= 0.6 is 15.9 Å². The minimum atomic E-state index is -0.269. The lowest BCUT2D eigenvalue weighted by molar-refractivity contribution is -0.176. The van der Waals surface area contributed by atoms with E-state index in [0.29, 0.717) is 19.1 Å². The fraction of sp³-hybridized carbons (Fsp3) is 0.500. The molecule has 0 N–H and O–H groups in total. The summed E-state index contributed by atoms with van der Waals surface area (Å²) in [7, 11) is 0. The van der Waals surface area contributed by atoms with E-state index in [1.165, 1.54) is 11.1 Å². The van der Waals surface area contributed by atoms with Gasteiger partial charge in [-0.05, 0) is 59.6 Å². The molecule has 2 aromatic rings. The van der Waals surface area contributed by atoms with Crippen molar-refractivity contribution < 1.29 is 14.3 Å². The van der Waals surface area contributed by atoms with Gasteiger partial charge in [0.05, 0.1) is 0 Å². The van der Waals surface area contributed by atoms with Crippen LogP contribution in [0.15, 0.2) is 53.0 Å². The number of ether oxygens (including phenoxy) is 2. The van der Waals surface area contributed by atoms with Crippen LogP contribution in [0.1, 0.15) is 57.7 Å². The number of benzene rings is 2. The summed E-state index contributed by atoms with van der Waals surface area (Å²) in [5.74, 6) is 1.18. The standard InChI is InChI=1S/C26H32BrNO3/c1-17-5-14-23-25(29)31-22(15-28(23)24(17)18-6-10-20(27)11-7-18)16-30-21-12-8-19(9-13-21)26(2,3)4/h6-13,17,22-24H,5,14-16H2,1-4H3/t17-,22+,23-,24-/m0/s1. The molecule has 31 heavy (non-hydrogen) atoms. The number of carbonyl (C=O) groups excluding carboxylic acids is 1. The molecule has 0 bridgehead atoms. The predicted octanol–water partition coefficient (Wildman–Crippen LogP) is 5.89. The fourth-order valence-corrected chi connectivity index (χ4v) is 5.05. The Morgan fingerprint density at radius 1 is 1.06 bits per heavy atom. The van der Waals surface area contributed by atoms with E-state index in [4.69, 9.17) is 9.47 Å². The molecule has 4 rings (SSSR count). The van der Waals surface area contributed by atoms with Crippen LogP contribution in [0, 0.1) is 5.92 Å². The van der Waals surface area contributed by atoms with E-state index in [0.717, 1.165) is 23.1 Å². The molecule has 2 heterocycles. The molecule has 0 spiro atoms. The second-order valence-electron chi connectivity index (χ2n) is 9.91. The summed E-state index contributed by atoms with van der Waals surface area (Å²) in [4.78, 5) is 15.2. The largest absolute Gasteiger partial charge is 0.490 e. The van der Waals surface area contributed by atoms with Crippen molar-refractivity contribution in [2.45, 2.75) is 64.1 Å². The van der Waals surface area contributed by atoms with E-state index in [9.17, 15) is 4.79 Å². The Labute approximate surface area is 194 Å². The number of piperidine rings is 1. The van der Waals surface area contributed by atoms with Crippen molar-refractivity contribution in [2.24, 2.45) is 5.92 Å². The summed E-state index contributed by atoms with van der Waals surface area (Å²) in [6.07, 6.45) is 1.61. The summed E-state index contributed by atoms with van der Waals surface area (Å²) < 4.78 is 12.9. The zero-order chi connectivity index (χ0) is 22.2. The van der Waals surface area contributed by atoms with Crippen molar-refractivity contribution in [1.82, 2.24) is 4.90 Å². The smallest absolute Gasteiger partial charge is 0.323 e. The first-order valence-electron chi connectivity index (χ1n) is 11.2. The van der Waals surface area contributed by atoms with Gasteiger partial charge in [0.15, 0.2) is 0 Å². The highest BCUT2D eigenvalue weighted by Crippen LogP contribution is 2.41. The predicted molar refractivity (Wildman–Crippen MR) is 126 cm³/mol. The molecule has 0 unspecified atom stereocenters. The van der Waals surface area contributed by atoms with Crippen LogP contribution in [0.3, 0.4) is 0 Å². The molecule has 2 aliphatic heterocycles. The Kier molecular flexibility index (Phi) is 6.45. The molecule has 4 atom stereocenters. The second kappa shape index (κ2) is 8.95. The lowest BCUT2D eigenvalue weighted by Crippen LogP contribution is -2.58. The van der Waals surface area contributed by atoms with Gasteiger partial charge in [-0.1, -0.05) is 67.9 Å². The maximum absolute atomic E-state index is 12.8. The molecule has 0 aromatic heterocycles. The molecule has 0 amide bonds. The number of hydrogen-bond donors (Lipinski definition) is 0. The van der Waals surface area contributed by atoms with Crippen LogP contribution in [0.2, 0.25) is 0 Å². The quantitative estimate of drug-likeness (QED) is 0.505. The molecule has 166 valence electrons. The van der Waals surface area contributed by atoms with Crippen molar-refractivity contribution in [2.75, 3.05) is 13.2 Å². The number of morpholine rings is 1. The maximum Gasteiger partial charge on any atom is 0.323 e. The van der Waals surface area contributed by atoms with E-state index in [1.807, 2.05) is 12.1 Å². The summed E-state index contributed by atoms with van der Waals surface area (Å²) >= 11 is 3.53. The lowest BCUT2D eigenvalue weighted by Gasteiger charge is -2.48. The first-order chi connectivity index (χ1) is 14.7. The average Bonchev–Trinajstić information content (AvgIpc) is 2.73. The third-order valence-electron chi connectivity index (χ3n) is 6.53. The minimum absolute atomic E-state index is 0.111. The molecule has 0 saturated carbocycles. The van der Waals surface area contributed by atoms with Gasteiger partial charge in [0.2, 0.25) is 0 Å². The van der Waals surface area contributed by atoms with Gasteiger partial charge in [-0.2, -0.15) is 0 Å². The average molecular weight is 486 g/mol. The molecule has 2 aromatic carbocycles. The van der Waals surface area contributed by atoms with Crippen LogP contribution in [-0.2, 0) is 14.9 Å². The van der Waals surface area contributed by atoms with E-state index >= 15 is 0 Å². The monoisotopic (exact) mass is 485 g/mol. The number of nitrogens with zero attached hydrogens (tertiary/aromatic N) is 1. The highest BCUT2D eigenvalue weighted by Gasteiger charge is 2.45. The van der Waals surface area contributed by atoms with Gasteiger partial charge in [0.25, 0.3) is 0 Å². The molecule has 0 aliphatic carbocycles. The van der Waals surface area contributed by atoms with Crippen molar-refractivity contribution in [3.05, 3.63) is 64.1 Å². The number of rotatable bonds is 4. The number of cyclic esters (lactones) is 1. The number of esters is 1. The first-order valence-corrected chi connectivity index (χ1v) is 12.0. The Bertz CT molecular complexity index is 904. The molecular formula is C26H32BrNO3. The first kappa shape index (κ1) is 22.3. The van der Waals surface area contributed by atoms with Crippen LogP contribution in [0.4, 0.5) is 0 Å². The van der Waals surface area contributed by atoms with Crippen molar-refractivity contribution >= 4 is 21.9 Å². The number of halogens is 1. The molecule has 2 fully saturated rings. The number of hydrogen-bond acceptors (Lipinski definition) is 4. The van der Waals surface area contributed by atoms with Crippen molar-refractivity contribution in [3.63, 3.8) is 0 Å². The van der Waals surface area contributed by atoms with Gasteiger partial charge < -0.3 is 9.47 Å². The minimum Gasteiger partial charge on any atom is -0.490 e. The number of carbonyl (C=O) groups is 1. The molecule has 2 aliphatic rings. The molecule has 5 heteroatoms. The summed E-state index contributed by atoms with van der Waals surface area (Å²) in [6, 6.07) is 16.8. The van der Waals surface area contributed by atoms with Gasteiger partial charge in [0, 0.05) is 17.1 Å². The lowest BCUT2D eigenvalue weighted by atomic mass is 9.82. The van der Waals surface area contributed by atoms with Gasteiger partial charge in [-0.25, -0.2) is 0 Å². The van der Waals surface area contributed by atoms with Gasteiger partial charge in [0.1, 0.15) is 24.5 Å². The molecule has 0 radical (unpaired) electrons. The van der Waals surface area contributed by atoms with Crippen molar-refractivity contribution in [1.29, 1.82) is 0 Å². The molecular weight excluding hydrogens is 454 g/mol. The summed E-state index contributed by atoms with van der Waals surface area (Å²) in [5, 5.41) is 0. The fourth-order valence-electron chi connectivity index (χ4n) is 4.78. The molecule has 2 saturated heterocycles. The summed E-state index contributed by atoms with van der Waals surface area (Å²) in [6.45, 7) is 9.94. The normalized spacial score (nSPS) is 26.8. The van der Waals surface area contributed by atoms with Crippen LogP contribution in [-0.4, -0.2) is 36.2 Å². The van der Waals surface area contributed by atoms with E-state index in [1.54, 1.807) is 0 Å². The Balaban J connectivity index is 1.46. The zero-order valence-corrected chi connectivity index (χ0v) is 20.4. The van der Waals surface area contributed by atoms with Gasteiger partial charge >= 0.3 is 5.97 Å². The second-order valence-corrected chi connectivity index (χ2v) is 10.8. The maximum atomic E-state index is 12.8. The number of fused-ring (bicyclic) bond motifs is 1. The topological polar surface area (TPSA) is 38.8 Å². The Morgan fingerprint density at radius 3 is 2.39 bits per heavy atom. The Morgan fingerprint density at radius 2 is 1.74 bits per heavy atom. The highest BCUT2D eigenvalue weighted by atomic mass is 79.9. The molecule has 4 nitrogen and oxygen atoms in total. The van der Waals surface area contributed by atoms with Crippen LogP contribution in [0.5, 0.6) is 5.75 Å². The third-order valence-corrected chi connectivity index (χ3v) is 7.06. The summed E-state index contributed by atoms with van der Waals surface area (Å²) in [5.41, 5.74) is 2.64. The van der Waals surface area contributed by atoms with Gasteiger partial charge in [-0.3, -0.25) is 9.69 Å². The van der Waals surface area contributed by atoms with Crippen LogP contribution in [0.25, 0.3) is 0 Å². The van der Waals surface area contributed by atoms with E-state index in [-0.39, 0.29) is 29.6 Å². The highest BCUT2D eigenvalue weighted by molar-refractivity contribution is 9.10. The van der Waals surface area contributed by atoms with E-state index in [2.05, 4.69) is 84.9 Å². The van der Waals surface area contributed by atoms with Gasteiger partial charge in [-0.15, -0.1) is 0 Å². The zero-order valence-electron chi connectivity index (χ0n) is 18.8. The third kappa shape index (κ3) is 4.98. The SMILES string of the molecule is C[C@H]1CC[C@H]2C(=O)O[C@@H](COc3ccc(C(C)(C)C)cc3)CN2[C@@H]1c1ccc(Br)cc1. The van der Waals surface area contributed by atoms with Crippen LogP contribution < -0.4 is 4.74 Å². The van der Waals surface area contributed by atoms with E-state index < -0.39 is 0 Å².